The van der Waals surface area contributed by atoms with Gasteiger partial charge in [-0.2, -0.15) is 9.61 Å². The average Bonchev–Trinajstić information content (AvgIpc) is 3.11. The van der Waals surface area contributed by atoms with Gasteiger partial charge in [-0.3, -0.25) is 4.90 Å². The van der Waals surface area contributed by atoms with Gasteiger partial charge in [0.25, 0.3) is 0 Å². The molecule has 0 radical (unpaired) electrons. The van der Waals surface area contributed by atoms with Crippen LogP contribution in [0.25, 0.3) is 16.9 Å². The number of likely N-dealkylation sites (N-methyl/N-ethyl adjacent to an activating group) is 2. The van der Waals surface area contributed by atoms with Crippen molar-refractivity contribution in [3.63, 3.8) is 0 Å². The molecule has 0 spiro atoms. The van der Waals surface area contributed by atoms with Gasteiger partial charge >= 0.3 is 0 Å². The molecule has 0 bridgehead atoms. The predicted molar refractivity (Wildman–Crippen MR) is 101 cm³/mol. The molecule has 1 N–H and O–H groups in total. The predicted octanol–water partition coefficient (Wildman–Crippen LogP) is 2.19. The lowest BCUT2D eigenvalue weighted by atomic mass is 10.1. The van der Waals surface area contributed by atoms with Crippen LogP contribution in [0.4, 0.5) is 10.2 Å². The molecule has 7 heteroatoms. The number of halogens is 1. The summed E-state index contributed by atoms with van der Waals surface area (Å²) in [6, 6.07) is 10.8. The van der Waals surface area contributed by atoms with E-state index >= 15 is 0 Å². The van der Waals surface area contributed by atoms with E-state index in [-0.39, 0.29) is 5.82 Å². The smallest absolute Gasteiger partial charge is 0.157 e. The van der Waals surface area contributed by atoms with Crippen LogP contribution >= 0.6 is 0 Å². The standard InChI is InChI=1S/C19H23FN6/c1-24-9-10-25(2)14(13-24)12-21-19-11-17(15-5-3-4-6-16(15)20)23-18-7-8-22-26(18)19/h3-8,11,14,21H,9-10,12-13H2,1-2H3. The molecule has 1 unspecified atom stereocenters. The zero-order chi connectivity index (χ0) is 18.1. The molecule has 0 saturated carbocycles. The second kappa shape index (κ2) is 7.01. The van der Waals surface area contributed by atoms with Crippen LogP contribution in [0.2, 0.25) is 0 Å². The van der Waals surface area contributed by atoms with Gasteiger partial charge < -0.3 is 10.2 Å². The molecule has 0 aliphatic carbocycles. The quantitative estimate of drug-likeness (QED) is 0.778. The minimum atomic E-state index is -0.275. The van der Waals surface area contributed by atoms with Gasteiger partial charge in [0.1, 0.15) is 11.6 Å². The van der Waals surface area contributed by atoms with Gasteiger partial charge in [0.15, 0.2) is 5.65 Å². The summed E-state index contributed by atoms with van der Waals surface area (Å²) in [5.74, 6) is 0.545. The van der Waals surface area contributed by atoms with Gasteiger partial charge in [0, 0.05) is 49.9 Å². The topological polar surface area (TPSA) is 48.7 Å². The zero-order valence-corrected chi connectivity index (χ0v) is 15.1. The highest BCUT2D eigenvalue weighted by molar-refractivity contribution is 5.66. The van der Waals surface area contributed by atoms with E-state index < -0.39 is 0 Å². The molecular formula is C19H23FN6. The maximum Gasteiger partial charge on any atom is 0.157 e. The normalized spacial score (nSPS) is 19.1. The number of benzene rings is 1. The van der Waals surface area contributed by atoms with Crippen LogP contribution in [-0.2, 0) is 0 Å². The Bertz CT molecular complexity index is 908. The molecule has 4 rings (SSSR count). The molecular weight excluding hydrogens is 331 g/mol. The number of anilines is 1. The number of nitrogens with one attached hydrogen (secondary N) is 1. The minimum Gasteiger partial charge on any atom is -0.368 e. The summed E-state index contributed by atoms with van der Waals surface area (Å²) in [5, 5.41) is 7.84. The maximum atomic E-state index is 14.2. The van der Waals surface area contributed by atoms with Crippen molar-refractivity contribution < 1.29 is 4.39 Å². The van der Waals surface area contributed by atoms with E-state index in [0.717, 1.165) is 32.0 Å². The van der Waals surface area contributed by atoms with Crippen molar-refractivity contribution in [3.05, 3.63) is 48.4 Å². The molecule has 26 heavy (non-hydrogen) atoms. The molecule has 1 atom stereocenters. The maximum absolute atomic E-state index is 14.2. The number of aromatic nitrogens is 3. The Kier molecular flexibility index (Phi) is 4.57. The van der Waals surface area contributed by atoms with Gasteiger partial charge in [-0.15, -0.1) is 0 Å². The lowest BCUT2D eigenvalue weighted by Crippen LogP contribution is -2.52. The fourth-order valence-corrected chi connectivity index (χ4v) is 3.39. The largest absolute Gasteiger partial charge is 0.368 e. The van der Waals surface area contributed by atoms with Crippen molar-refractivity contribution in [1.82, 2.24) is 24.4 Å². The summed E-state index contributed by atoms with van der Waals surface area (Å²) in [5.41, 5.74) is 1.80. The molecule has 2 aromatic heterocycles. The number of rotatable bonds is 4. The van der Waals surface area contributed by atoms with E-state index in [2.05, 4.69) is 39.3 Å². The number of fused-ring (bicyclic) bond motifs is 1. The van der Waals surface area contributed by atoms with E-state index in [1.165, 1.54) is 6.07 Å². The molecule has 1 fully saturated rings. The third-order valence-electron chi connectivity index (χ3n) is 5.01. The van der Waals surface area contributed by atoms with Crippen LogP contribution in [0, 0.1) is 5.82 Å². The highest BCUT2D eigenvalue weighted by atomic mass is 19.1. The first kappa shape index (κ1) is 16.9. The van der Waals surface area contributed by atoms with Crippen molar-refractivity contribution in [2.24, 2.45) is 0 Å². The number of nitrogens with zero attached hydrogens (tertiary/aromatic N) is 5. The number of hydrogen-bond acceptors (Lipinski definition) is 5. The summed E-state index contributed by atoms with van der Waals surface area (Å²) in [7, 11) is 4.30. The van der Waals surface area contributed by atoms with Crippen LogP contribution in [0.5, 0.6) is 0 Å². The lowest BCUT2D eigenvalue weighted by molar-refractivity contribution is 0.122. The summed E-state index contributed by atoms with van der Waals surface area (Å²) in [6.07, 6.45) is 1.71. The van der Waals surface area contributed by atoms with Crippen molar-refractivity contribution in [2.75, 3.05) is 45.6 Å². The molecule has 6 nitrogen and oxygen atoms in total. The first-order valence-electron chi connectivity index (χ1n) is 8.84. The van der Waals surface area contributed by atoms with E-state index in [1.54, 1.807) is 22.8 Å². The first-order valence-corrected chi connectivity index (χ1v) is 8.84. The lowest BCUT2D eigenvalue weighted by Gasteiger charge is -2.37. The van der Waals surface area contributed by atoms with Gasteiger partial charge in [-0.05, 0) is 26.2 Å². The molecule has 0 amide bonds. The summed E-state index contributed by atoms with van der Waals surface area (Å²) >= 11 is 0. The molecule has 3 aromatic rings. The second-order valence-electron chi connectivity index (χ2n) is 6.89. The van der Waals surface area contributed by atoms with Gasteiger partial charge in [-0.1, -0.05) is 12.1 Å². The van der Waals surface area contributed by atoms with E-state index in [4.69, 9.17) is 0 Å². The summed E-state index contributed by atoms with van der Waals surface area (Å²) in [4.78, 5) is 9.26. The molecule has 3 heterocycles. The van der Waals surface area contributed by atoms with Crippen LogP contribution in [-0.4, -0.2) is 70.7 Å². The third-order valence-corrected chi connectivity index (χ3v) is 5.01. The Balaban J connectivity index is 1.64. The Morgan fingerprint density at radius 3 is 2.88 bits per heavy atom. The highest BCUT2D eigenvalue weighted by Crippen LogP contribution is 2.24. The van der Waals surface area contributed by atoms with Crippen molar-refractivity contribution in [2.45, 2.75) is 6.04 Å². The van der Waals surface area contributed by atoms with Crippen LogP contribution in [0.1, 0.15) is 0 Å². The summed E-state index contributed by atoms with van der Waals surface area (Å²) < 4.78 is 16.0. The monoisotopic (exact) mass is 354 g/mol. The second-order valence-corrected chi connectivity index (χ2v) is 6.89. The first-order chi connectivity index (χ1) is 12.6. The highest BCUT2D eigenvalue weighted by Gasteiger charge is 2.22. The Hall–Kier alpha value is -2.51. The van der Waals surface area contributed by atoms with Crippen LogP contribution in [0.3, 0.4) is 0 Å². The SMILES string of the molecule is CN1CCN(C)C(CNc2cc(-c3ccccc3F)nc3ccnn23)C1. The molecule has 1 aliphatic heterocycles. The van der Waals surface area contributed by atoms with Crippen molar-refractivity contribution in [3.8, 4) is 11.3 Å². The molecule has 1 aromatic carbocycles. The van der Waals surface area contributed by atoms with E-state index in [9.17, 15) is 4.39 Å². The molecule has 136 valence electrons. The van der Waals surface area contributed by atoms with E-state index in [0.29, 0.717) is 22.9 Å². The van der Waals surface area contributed by atoms with Gasteiger partial charge in [0.2, 0.25) is 0 Å². The van der Waals surface area contributed by atoms with Gasteiger partial charge in [-0.25, -0.2) is 9.37 Å². The summed E-state index contributed by atoms with van der Waals surface area (Å²) in [6.45, 7) is 3.94. The zero-order valence-electron chi connectivity index (χ0n) is 15.1. The third kappa shape index (κ3) is 3.27. The Morgan fingerprint density at radius 2 is 2.04 bits per heavy atom. The molecule has 1 saturated heterocycles. The van der Waals surface area contributed by atoms with Crippen molar-refractivity contribution in [1.29, 1.82) is 0 Å². The van der Waals surface area contributed by atoms with Gasteiger partial charge in [0.05, 0.1) is 11.9 Å². The van der Waals surface area contributed by atoms with Crippen LogP contribution < -0.4 is 5.32 Å². The minimum absolute atomic E-state index is 0.275. The van der Waals surface area contributed by atoms with E-state index in [1.807, 2.05) is 18.2 Å². The average molecular weight is 354 g/mol. The Morgan fingerprint density at radius 1 is 1.19 bits per heavy atom. The number of hydrogen-bond donors (Lipinski definition) is 1. The molecule has 1 aliphatic rings. The Labute approximate surface area is 152 Å². The van der Waals surface area contributed by atoms with Crippen LogP contribution in [0.15, 0.2) is 42.6 Å². The number of piperazine rings is 1. The fourth-order valence-electron chi connectivity index (χ4n) is 3.39. The fraction of sp³-hybridized carbons (Fsp3) is 0.368. The van der Waals surface area contributed by atoms with Crippen molar-refractivity contribution >= 4 is 11.5 Å².